The third-order valence-electron chi connectivity index (χ3n) is 2.55. The van der Waals surface area contributed by atoms with Gasteiger partial charge in [-0.2, -0.15) is 5.10 Å². The normalized spacial score (nSPS) is 10.9. The molecule has 1 aromatic carbocycles. The minimum absolute atomic E-state index is 0.117. The fraction of sp³-hybridized carbons (Fsp3) is 0.308. The Balaban J connectivity index is 2.00. The molecule has 0 bridgehead atoms. The smallest absolute Gasteiger partial charge is 0.149 e. The molecule has 18 heavy (non-hydrogen) atoms. The van der Waals surface area contributed by atoms with Gasteiger partial charge in [0, 0.05) is 18.3 Å². The Labute approximate surface area is 105 Å². The topological polar surface area (TPSA) is 53.1 Å². The van der Waals surface area contributed by atoms with Gasteiger partial charge < -0.3 is 10.5 Å². The van der Waals surface area contributed by atoms with Gasteiger partial charge in [0.05, 0.1) is 11.4 Å². The number of hydrogen-bond acceptors (Lipinski definition) is 3. The van der Waals surface area contributed by atoms with Crippen LogP contribution in [0, 0.1) is 5.82 Å². The molecule has 0 aliphatic heterocycles. The molecule has 1 heterocycles. The van der Waals surface area contributed by atoms with Crippen molar-refractivity contribution in [2.24, 2.45) is 0 Å². The summed E-state index contributed by atoms with van der Waals surface area (Å²) in [5.74, 6) is -0.0268. The molecule has 0 aliphatic carbocycles. The molecule has 0 unspecified atom stereocenters. The second kappa shape index (κ2) is 5.08. The summed E-state index contributed by atoms with van der Waals surface area (Å²) in [6.07, 6.45) is 1.90. The van der Waals surface area contributed by atoms with Gasteiger partial charge in [0.15, 0.2) is 0 Å². The lowest BCUT2D eigenvalue weighted by molar-refractivity contribution is 0.297. The molecule has 0 atom stereocenters. The van der Waals surface area contributed by atoms with Crippen LogP contribution in [0.25, 0.3) is 0 Å². The second-order valence-electron chi connectivity index (χ2n) is 4.35. The van der Waals surface area contributed by atoms with Crippen LogP contribution in [0.3, 0.4) is 0 Å². The molecule has 2 N–H and O–H groups in total. The van der Waals surface area contributed by atoms with Crippen LogP contribution in [0.2, 0.25) is 0 Å². The zero-order valence-corrected chi connectivity index (χ0v) is 10.4. The Morgan fingerprint density at radius 2 is 2.17 bits per heavy atom. The quantitative estimate of drug-likeness (QED) is 0.848. The highest BCUT2D eigenvalue weighted by Gasteiger charge is 2.04. The van der Waals surface area contributed by atoms with Crippen molar-refractivity contribution in [3.63, 3.8) is 0 Å². The fourth-order valence-electron chi connectivity index (χ4n) is 1.50. The highest BCUT2D eigenvalue weighted by atomic mass is 19.1. The number of aromatic nitrogens is 2. The molecule has 5 heteroatoms. The maximum atomic E-state index is 13.2. The lowest BCUT2D eigenvalue weighted by Gasteiger charge is -2.06. The molecule has 2 rings (SSSR count). The van der Waals surface area contributed by atoms with Gasteiger partial charge in [-0.15, -0.1) is 0 Å². The third-order valence-corrected chi connectivity index (χ3v) is 2.55. The summed E-state index contributed by atoms with van der Waals surface area (Å²) >= 11 is 0. The van der Waals surface area contributed by atoms with Crippen LogP contribution < -0.4 is 10.5 Å². The zero-order chi connectivity index (χ0) is 13.1. The van der Waals surface area contributed by atoms with E-state index in [1.54, 1.807) is 6.07 Å². The molecular formula is C13H16FN3O. The molecule has 0 saturated carbocycles. The first-order valence-electron chi connectivity index (χ1n) is 5.78. The number of ether oxygens (including phenoxy) is 1. The molecule has 0 fully saturated rings. The van der Waals surface area contributed by atoms with Crippen LogP contribution in [-0.4, -0.2) is 9.78 Å². The van der Waals surface area contributed by atoms with Crippen molar-refractivity contribution < 1.29 is 9.13 Å². The third kappa shape index (κ3) is 2.80. The molecule has 0 spiro atoms. The maximum Gasteiger partial charge on any atom is 0.149 e. The molecule has 0 amide bonds. The number of rotatable bonds is 4. The SMILES string of the molecule is CC(C)n1ccc(COc2ccc(N)c(F)c2)n1. The number of nitrogens with zero attached hydrogens (tertiary/aromatic N) is 2. The number of benzene rings is 1. The van der Waals surface area contributed by atoms with Gasteiger partial charge in [0.1, 0.15) is 18.2 Å². The average Bonchev–Trinajstić information content (AvgIpc) is 2.79. The second-order valence-corrected chi connectivity index (χ2v) is 4.35. The summed E-state index contributed by atoms with van der Waals surface area (Å²) < 4.78 is 20.5. The van der Waals surface area contributed by atoms with Gasteiger partial charge in [-0.3, -0.25) is 4.68 Å². The Bertz CT molecular complexity index is 537. The maximum absolute atomic E-state index is 13.2. The predicted octanol–water partition coefficient (Wildman–Crippen LogP) is 2.76. The lowest BCUT2D eigenvalue weighted by atomic mass is 10.3. The average molecular weight is 249 g/mol. The van der Waals surface area contributed by atoms with E-state index in [0.29, 0.717) is 18.4 Å². The molecule has 4 nitrogen and oxygen atoms in total. The van der Waals surface area contributed by atoms with Crippen molar-refractivity contribution in [2.75, 3.05) is 5.73 Å². The molecular weight excluding hydrogens is 233 g/mol. The largest absolute Gasteiger partial charge is 0.487 e. The van der Waals surface area contributed by atoms with E-state index >= 15 is 0 Å². The van der Waals surface area contributed by atoms with Gasteiger partial charge in [-0.05, 0) is 32.0 Å². The Kier molecular flexibility index (Phi) is 3.50. The highest BCUT2D eigenvalue weighted by Crippen LogP contribution is 2.18. The van der Waals surface area contributed by atoms with Crippen molar-refractivity contribution in [2.45, 2.75) is 26.5 Å². The van der Waals surface area contributed by atoms with Crippen molar-refractivity contribution >= 4 is 5.69 Å². The molecule has 1 aromatic heterocycles. The van der Waals surface area contributed by atoms with E-state index in [-0.39, 0.29) is 5.69 Å². The molecule has 0 radical (unpaired) electrons. The first-order valence-corrected chi connectivity index (χ1v) is 5.78. The molecule has 0 saturated heterocycles. The number of nitrogens with two attached hydrogens (primary N) is 1. The standard InChI is InChI=1S/C13H16FN3O/c1-9(2)17-6-5-10(16-17)8-18-11-3-4-13(15)12(14)7-11/h3-7,9H,8,15H2,1-2H3. The van der Waals surface area contributed by atoms with E-state index in [9.17, 15) is 4.39 Å². The van der Waals surface area contributed by atoms with Gasteiger partial charge >= 0.3 is 0 Å². The van der Waals surface area contributed by atoms with E-state index in [1.807, 2.05) is 30.8 Å². The van der Waals surface area contributed by atoms with E-state index in [0.717, 1.165) is 5.69 Å². The minimum atomic E-state index is -0.472. The Morgan fingerprint density at radius 1 is 1.39 bits per heavy atom. The van der Waals surface area contributed by atoms with Gasteiger partial charge in [0.2, 0.25) is 0 Å². The van der Waals surface area contributed by atoms with Crippen LogP contribution in [0.5, 0.6) is 5.75 Å². The molecule has 2 aromatic rings. The van der Waals surface area contributed by atoms with Crippen LogP contribution in [0.4, 0.5) is 10.1 Å². The van der Waals surface area contributed by atoms with Crippen LogP contribution in [0.15, 0.2) is 30.5 Å². The first-order chi connectivity index (χ1) is 8.56. The summed E-state index contributed by atoms with van der Waals surface area (Å²) in [5.41, 5.74) is 6.31. The van der Waals surface area contributed by atoms with E-state index < -0.39 is 5.82 Å². The predicted molar refractivity (Wildman–Crippen MR) is 67.8 cm³/mol. The van der Waals surface area contributed by atoms with E-state index in [2.05, 4.69) is 5.10 Å². The van der Waals surface area contributed by atoms with Gasteiger partial charge in [0.25, 0.3) is 0 Å². The number of nitrogen functional groups attached to an aromatic ring is 1. The van der Waals surface area contributed by atoms with Crippen molar-refractivity contribution in [1.82, 2.24) is 9.78 Å². The summed E-state index contributed by atoms with van der Waals surface area (Å²) in [4.78, 5) is 0. The Hall–Kier alpha value is -2.04. The number of anilines is 1. The van der Waals surface area contributed by atoms with E-state index in [1.165, 1.54) is 12.1 Å². The first kappa shape index (κ1) is 12.4. The van der Waals surface area contributed by atoms with Crippen LogP contribution in [-0.2, 0) is 6.61 Å². The molecule has 96 valence electrons. The van der Waals surface area contributed by atoms with E-state index in [4.69, 9.17) is 10.5 Å². The summed E-state index contributed by atoms with van der Waals surface area (Å²) in [7, 11) is 0. The van der Waals surface area contributed by atoms with Crippen LogP contribution >= 0.6 is 0 Å². The minimum Gasteiger partial charge on any atom is -0.487 e. The van der Waals surface area contributed by atoms with Crippen molar-refractivity contribution in [3.05, 3.63) is 42.0 Å². The van der Waals surface area contributed by atoms with Gasteiger partial charge in [-0.25, -0.2) is 4.39 Å². The van der Waals surface area contributed by atoms with Crippen LogP contribution in [0.1, 0.15) is 25.6 Å². The molecule has 0 aliphatic rings. The summed E-state index contributed by atoms with van der Waals surface area (Å²) in [6, 6.07) is 6.59. The van der Waals surface area contributed by atoms with Gasteiger partial charge in [-0.1, -0.05) is 0 Å². The van der Waals surface area contributed by atoms with Crippen molar-refractivity contribution in [3.8, 4) is 5.75 Å². The number of halogens is 1. The monoisotopic (exact) mass is 249 g/mol. The summed E-state index contributed by atoms with van der Waals surface area (Å²) in [6.45, 7) is 4.41. The fourth-order valence-corrected chi connectivity index (χ4v) is 1.50. The highest BCUT2D eigenvalue weighted by molar-refractivity contribution is 5.43. The van der Waals surface area contributed by atoms with Crippen molar-refractivity contribution in [1.29, 1.82) is 0 Å². The number of hydrogen-bond donors (Lipinski definition) is 1. The lowest BCUT2D eigenvalue weighted by Crippen LogP contribution is -2.03. The Morgan fingerprint density at radius 3 is 2.78 bits per heavy atom. The summed E-state index contributed by atoms with van der Waals surface area (Å²) in [5, 5.41) is 4.34. The zero-order valence-electron chi connectivity index (χ0n) is 10.4.